The van der Waals surface area contributed by atoms with E-state index in [0.29, 0.717) is 11.6 Å². The second-order valence-corrected chi connectivity index (χ2v) is 5.62. The lowest BCUT2D eigenvalue weighted by molar-refractivity contribution is 1.04. The summed E-state index contributed by atoms with van der Waals surface area (Å²) < 4.78 is 0.968. The number of para-hydroxylation sites is 2. The van der Waals surface area contributed by atoms with Gasteiger partial charge < -0.3 is 5.32 Å². The van der Waals surface area contributed by atoms with Gasteiger partial charge in [-0.1, -0.05) is 23.7 Å². The maximum atomic E-state index is 5.99. The van der Waals surface area contributed by atoms with Crippen molar-refractivity contribution in [1.29, 1.82) is 0 Å². The SMILES string of the molecule is Clc1ccc(Br)c(NCc2cnc3ccccc3n2)c1. The predicted octanol–water partition coefficient (Wildman–Crippen LogP) is 4.66. The van der Waals surface area contributed by atoms with Crippen molar-refractivity contribution in [2.75, 3.05) is 5.32 Å². The molecular weight excluding hydrogens is 338 g/mol. The van der Waals surface area contributed by atoms with E-state index in [4.69, 9.17) is 11.6 Å². The molecule has 100 valence electrons. The third-order valence-corrected chi connectivity index (χ3v) is 3.81. The van der Waals surface area contributed by atoms with E-state index in [1.807, 2.05) is 42.5 Å². The average molecular weight is 349 g/mol. The molecule has 3 aromatic rings. The zero-order valence-electron chi connectivity index (χ0n) is 10.5. The summed E-state index contributed by atoms with van der Waals surface area (Å²) in [5.74, 6) is 0. The van der Waals surface area contributed by atoms with Crippen molar-refractivity contribution in [1.82, 2.24) is 9.97 Å². The third-order valence-electron chi connectivity index (χ3n) is 2.89. The topological polar surface area (TPSA) is 37.8 Å². The van der Waals surface area contributed by atoms with Crippen LogP contribution in [0.2, 0.25) is 5.02 Å². The molecule has 1 aromatic heterocycles. The second kappa shape index (κ2) is 5.77. The Morgan fingerprint density at radius 2 is 1.90 bits per heavy atom. The number of halogens is 2. The van der Waals surface area contributed by atoms with Crippen LogP contribution in [0.4, 0.5) is 5.69 Å². The van der Waals surface area contributed by atoms with Gasteiger partial charge in [0.1, 0.15) is 0 Å². The van der Waals surface area contributed by atoms with Crippen molar-refractivity contribution in [2.24, 2.45) is 0 Å². The molecule has 0 saturated carbocycles. The number of nitrogens with zero attached hydrogens (tertiary/aromatic N) is 2. The first kappa shape index (κ1) is 13.3. The van der Waals surface area contributed by atoms with E-state index < -0.39 is 0 Å². The summed E-state index contributed by atoms with van der Waals surface area (Å²) >= 11 is 9.47. The molecule has 0 aliphatic carbocycles. The van der Waals surface area contributed by atoms with Gasteiger partial charge in [0.05, 0.1) is 35.2 Å². The number of aromatic nitrogens is 2. The maximum Gasteiger partial charge on any atom is 0.0890 e. The van der Waals surface area contributed by atoms with E-state index in [1.54, 1.807) is 6.20 Å². The molecule has 0 saturated heterocycles. The molecule has 0 aliphatic rings. The van der Waals surface area contributed by atoms with Gasteiger partial charge in [-0.15, -0.1) is 0 Å². The third kappa shape index (κ3) is 2.92. The lowest BCUT2D eigenvalue weighted by Gasteiger charge is -2.09. The normalized spacial score (nSPS) is 10.7. The predicted molar refractivity (Wildman–Crippen MR) is 86.0 cm³/mol. The summed E-state index contributed by atoms with van der Waals surface area (Å²) in [6.45, 7) is 0.594. The number of hydrogen-bond donors (Lipinski definition) is 1. The molecule has 3 rings (SSSR count). The Balaban J connectivity index is 1.81. The molecule has 0 spiro atoms. The highest BCUT2D eigenvalue weighted by Crippen LogP contribution is 2.26. The number of nitrogens with one attached hydrogen (secondary N) is 1. The fourth-order valence-electron chi connectivity index (χ4n) is 1.90. The first-order valence-electron chi connectivity index (χ1n) is 6.12. The highest BCUT2D eigenvalue weighted by molar-refractivity contribution is 9.10. The second-order valence-electron chi connectivity index (χ2n) is 4.33. The van der Waals surface area contributed by atoms with Gasteiger partial charge in [0.15, 0.2) is 0 Å². The minimum Gasteiger partial charge on any atom is -0.378 e. The van der Waals surface area contributed by atoms with Crippen molar-refractivity contribution in [3.8, 4) is 0 Å². The number of fused-ring (bicyclic) bond motifs is 1. The minimum absolute atomic E-state index is 0.594. The van der Waals surface area contributed by atoms with Gasteiger partial charge in [0, 0.05) is 9.50 Å². The van der Waals surface area contributed by atoms with Gasteiger partial charge in [-0.25, -0.2) is 4.98 Å². The standard InChI is InChI=1S/C15H11BrClN3/c16-12-6-5-10(17)7-15(12)19-9-11-8-18-13-3-1-2-4-14(13)20-11/h1-8,19H,9H2. The Kier molecular flexibility index (Phi) is 3.85. The van der Waals surface area contributed by atoms with Crippen LogP contribution < -0.4 is 5.32 Å². The van der Waals surface area contributed by atoms with Crippen LogP contribution in [0.25, 0.3) is 11.0 Å². The molecule has 0 aliphatic heterocycles. The number of hydrogen-bond acceptors (Lipinski definition) is 3. The van der Waals surface area contributed by atoms with Crippen molar-refractivity contribution >= 4 is 44.3 Å². The Labute approximate surface area is 130 Å². The zero-order valence-corrected chi connectivity index (χ0v) is 12.8. The first-order chi connectivity index (χ1) is 9.72. The van der Waals surface area contributed by atoms with Crippen LogP contribution in [0.3, 0.4) is 0 Å². The van der Waals surface area contributed by atoms with Crippen molar-refractivity contribution in [3.63, 3.8) is 0 Å². The molecule has 1 heterocycles. The van der Waals surface area contributed by atoms with Crippen LogP contribution in [0.5, 0.6) is 0 Å². The largest absolute Gasteiger partial charge is 0.378 e. The van der Waals surface area contributed by atoms with E-state index in [9.17, 15) is 0 Å². The van der Waals surface area contributed by atoms with E-state index in [1.165, 1.54) is 0 Å². The van der Waals surface area contributed by atoms with Gasteiger partial charge >= 0.3 is 0 Å². The number of benzene rings is 2. The van der Waals surface area contributed by atoms with Gasteiger partial charge in [0.25, 0.3) is 0 Å². The van der Waals surface area contributed by atoms with Crippen LogP contribution in [-0.4, -0.2) is 9.97 Å². The number of rotatable bonds is 3. The smallest absolute Gasteiger partial charge is 0.0890 e. The fraction of sp³-hybridized carbons (Fsp3) is 0.0667. The van der Waals surface area contributed by atoms with Gasteiger partial charge in [0.2, 0.25) is 0 Å². The molecule has 1 N–H and O–H groups in total. The monoisotopic (exact) mass is 347 g/mol. The molecule has 20 heavy (non-hydrogen) atoms. The highest BCUT2D eigenvalue weighted by atomic mass is 79.9. The molecule has 3 nitrogen and oxygen atoms in total. The summed E-state index contributed by atoms with van der Waals surface area (Å²) in [5.41, 5.74) is 3.63. The fourth-order valence-corrected chi connectivity index (χ4v) is 2.46. The Bertz CT molecular complexity index is 761. The zero-order chi connectivity index (χ0) is 13.9. The van der Waals surface area contributed by atoms with E-state index >= 15 is 0 Å². The summed E-state index contributed by atoms with van der Waals surface area (Å²) in [5, 5.41) is 4.00. The summed E-state index contributed by atoms with van der Waals surface area (Å²) in [4.78, 5) is 8.96. The maximum absolute atomic E-state index is 5.99. The highest BCUT2D eigenvalue weighted by Gasteiger charge is 2.03. The quantitative estimate of drug-likeness (QED) is 0.748. The molecule has 0 bridgehead atoms. The minimum atomic E-state index is 0.594. The Morgan fingerprint density at radius 3 is 2.75 bits per heavy atom. The van der Waals surface area contributed by atoms with E-state index in [2.05, 4.69) is 31.2 Å². The molecule has 0 atom stereocenters. The molecule has 5 heteroatoms. The van der Waals surface area contributed by atoms with Crippen molar-refractivity contribution in [3.05, 3.63) is 63.9 Å². The van der Waals surface area contributed by atoms with Crippen molar-refractivity contribution in [2.45, 2.75) is 6.54 Å². The molecule has 0 amide bonds. The Morgan fingerprint density at radius 1 is 1.10 bits per heavy atom. The van der Waals surface area contributed by atoms with Crippen LogP contribution in [-0.2, 0) is 6.54 Å². The summed E-state index contributed by atoms with van der Waals surface area (Å²) in [6.07, 6.45) is 1.79. The van der Waals surface area contributed by atoms with Gasteiger partial charge in [-0.3, -0.25) is 4.98 Å². The molecule has 0 unspecified atom stereocenters. The molecule has 0 fully saturated rings. The van der Waals surface area contributed by atoms with Crippen LogP contribution in [0.15, 0.2) is 53.1 Å². The summed E-state index contributed by atoms with van der Waals surface area (Å²) in [7, 11) is 0. The molecule has 2 aromatic carbocycles. The lowest BCUT2D eigenvalue weighted by Crippen LogP contribution is -2.03. The van der Waals surface area contributed by atoms with Crippen LogP contribution in [0, 0.1) is 0 Å². The first-order valence-corrected chi connectivity index (χ1v) is 7.29. The lowest BCUT2D eigenvalue weighted by atomic mass is 10.3. The van der Waals surface area contributed by atoms with E-state index in [0.717, 1.165) is 26.9 Å². The van der Waals surface area contributed by atoms with Crippen molar-refractivity contribution < 1.29 is 0 Å². The van der Waals surface area contributed by atoms with Gasteiger partial charge in [-0.2, -0.15) is 0 Å². The van der Waals surface area contributed by atoms with Crippen LogP contribution >= 0.6 is 27.5 Å². The average Bonchev–Trinajstić information content (AvgIpc) is 2.48. The number of anilines is 1. The summed E-state index contributed by atoms with van der Waals surface area (Å²) in [6, 6.07) is 13.5. The van der Waals surface area contributed by atoms with E-state index in [-0.39, 0.29) is 0 Å². The van der Waals surface area contributed by atoms with Gasteiger partial charge in [-0.05, 0) is 46.3 Å². The Hall–Kier alpha value is -1.65. The van der Waals surface area contributed by atoms with Crippen LogP contribution in [0.1, 0.15) is 5.69 Å². The molecular formula is C15H11BrClN3. The molecule has 0 radical (unpaired) electrons.